The molecule has 0 aromatic heterocycles. The Morgan fingerprint density at radius 1 is 1.10 bits per heavy atom. The lowest BCUT2D eigenvalue weighted by Crippen LogP contribution is -2.54. The summed E-state index contributed by atoms with van der Waals surface area (Å²) >= 11 is 6.39. The molecule has 6 nitrogen and oxygen atoms in total. The lowest BCUT2D eigenvalue weighted by atomic mass is 9.75. The standard InChI is InChI=1S/C23H20ClN3O3/c1-12-5-2-6-13(11-12)27-20(28)17-16-9-4-10-26(16)23(18(17)21(27)29)14-7-3-8-15(24)19(14)25-22(23)30/h2-3,5-8,11,16-18H,4,9-10H2,1H3,(H,25,30)/t16-,17+,18+,23+/m0/s1. The van der Waals surface area contributed by atoms with E-state index in [1.807, 2.05) is 31.2 Å². The van der Waals surface area contributed by atoms with E-state index in [2.05, 4.69) is 10.2 Å². The first-order valence-corrected chi connectivity index (χ1v) is 10.7. The van der Waals surface area contributed by atoms with E-state index in [1.54, 1.807) is 18.2 Å². The monoisotopic (exact) mass is 421 g/mol. The smallest absolute Gasteiger partial charge is 0.250 e. The molecule has 6 rings (SSSR count). The van der Waals surface area contributed by atoms with E-state index in [-0.39, 0.29) is 23.8 Å². The Morgan fingerprint density at radius 3 is 2.70 bits per heavy atom. The number of carbonyl (C=O) groups excluding carboxylic acids is 3. The van der Waals surface area contributed by atoms with Crippen LogP contribution >= 0.6 is 11.6 Å². The molecule has 152 valence electrons. The van der Waals surface area contributed by atoms with Gasteiger partial charge >= 0.3 is 0 Å². The number of aryl methyl sites for hydroxylation is 1. The molecule has 4 aliphatic heterocycles. The van der Waals surface area contributed by atoms with Crippen LogP contribution in [0, 0.1) is 18.8 Å². The number of fused-ring (bicyclic) bond motifs is 7. The summed E-state index contributed by atoms with van der Waals surface area (Å²) in [6, 6.07) is 12.7. The maximum Gasteiger partial charge on any atom is 0.250 e. The lowest BCUT2D eigenvalue weighted by Gasteiger charge is -2.36. The Morgan fingerprint density at radius 2 is 1.90 bits per heavy atom. The molecule has 3 fully saturated rings. The Balaban J connectivity index is 1.57. The van der Waals surface area contributed by atoms with E-state index in [0.717, 1.165) is 18.4 Å². The van der Waals surface area contributed by atoms with Crippen molar-refractivity contribution >= 4 is 40.7 Å². The molecular weight excluding hydrogens is 402 g/mol. The number of hydrogen-bond donors (Lipinski definition) is 1. The van der Waals surface area contributed by atoms with Crippen molar-refractivity contribution in [3.8, 4) is 0 Å². The summed E-state index contributed by atoms with van der Waals surface area (Å²) in [5.41, 5.74) is 1.63. The highest BCUT2D eigenvalue weighted by molar-refractivity contribution is 6.35. The molecule has 4 atom stereocenters. The second-order valence-corrected chi connectivity index (χ2v) is 9.05. The largest absolute Gasteiger partial charge is 0.323 e. The number of anilines is 2. The highest BCUT2D eigenvalue weighted by Gasteiger charge is 2.74. The molecule has 0 bridgehead atoms. The minimum Gasteiger partial charge on any atom is -0.323 e. The van der Waals surface area contributed by atoms with Crippen molar-refractivity contribution < 1.29 is 14.4 Å². The van der Waals surface area contributed by atoms with Gasteiger partial charge in [-0.25, -0.2) is 4.90 Å². The number of nitrogens with one attached hydrogen (secondary N) is 1. The fraction of sp³-hybridized carbons (Fsp3) is 0.348. The van der Waals surface area contributed by atoms with Gasteiger partial charge in [0.05, 0.1) is 28.2 Å². The highest BCUT2D eigenvalue weighted by atomic mass is 35.5. The number of para-hydroxylation sites is 1. The van der Waals surface area contributed by atoms with Crippen molar-refractivity contribution in [1.29, 1.82) is 0 Å². The first-order chi connectivity index (χ1) is 14.5. The van der Waals surface area contributed by atoms with Crippen LogP contribution in [0.25, 0.3) is 0 Å². The number of rotatable bonds is 1. The molecule has 1 N–H and O–H groups in total. The Bertz CT molecular complexity index is 1150. The van der Waals surface area contributed by atoms with Gasteiger partial charge in [0.25, 0.3) is 5.91 Å². The van der Waals surface area contributed by atoms with Crippen molar-refractivity contribution in [3.63, 3.8) is 0 Å². The summed E-state index contributed by atoms with van der Waals surface area (Å²) in [4.78, 5) is 44.4. The van der Waals surface area contributed by atoms with Gasteiger partial charge in [-0.2, -0.15) is 0 Å². The second-order valence-electron chi connectivity index (χ2n) is 8.64. The van der Waals surface area contributed by atoms with Gasteiger partial charge in [0, 0.05) is 11.6 Å². The van der Waals surface area contributed by atoms with Crippen molar-refractivity contribution in [2.75, 3.05) is 16.8 Å². The minimum atomic E-state index is -1.18. The number of amides is 3. The summed E-state index contributed by atoms with van der Waals surface area (Å²) in [6.45, 7) is 2.61. The van der Waals surface area contributed by atoms with Crippen molar-refractivity contribution in [3.05, 3.63) is 58.6 Å². The van der Waals surface area contributed by atoms with Gasteiger partial charge in [-0.3, -0.25) is 19.3 Å². The van der Waals surface area contributed by atoms with Gasteiger partial charge in [-0.05, 0) is 50.1 Å². The molecule has 0 saturated carbocycles. The number of hydrogen-bond acceptors (Lipinski definition) is 4. The molecule has 4 aliphatic rings. The topological polar surface area (TPSA) is 69.7 Å². The normalized spacial score (nSPS) is 32.0. The maximum atomic E-state index is 13.8. The third kappa shape index (κ3) is 1.96. The summed E-state index contributed by atoms with van der Waals surface area (Å²) < 4.78 is 0. The minimum absolute atomic E-state index is 0.128. The molecule has 4 heterocycles. The van der Waals surface area contributed by atoms with Crippen molar-refractivity contribution in [2.45, 2.75) is 31.3 Å². The fourth-order valence-electron chi connectivity index (χ4n) is 6.22. The zero-order valence-corrected chi connectivity index (χ0v) is 17.1. The van der Waals surface area contributed by atoms with Crippen LogP contribution < -0.4 is 10.2 Å². The number of imide groups is 1. The Labute approximate surface area is 178 Å². The zero-order chi connectivity index (χ0) is 20.8. The molecule has 30 heavy (non-hydrogen) atoms. The summed E-state index contributed by atoms with van der Waals surface area (Å²) in [7, 11) is 0. The molecule has 0 aliphatic carbocycles. The molecule has 3 amide bonds. The van der Waals surface area contributed by atoms with Crippen LogP contribution in [0.2, 0.25) is 5.02 Å². The number of carbonyl (C=O) groups is 3. The summed E-state index contributed by atoms with van der Waals surface area (Å²) in [6.07, 6.45) is 1.69. The van der Waals surface area contributed by atoms with Gasteiger partial charge in [-0.15, -0.1) is 0 Å². The van der Waals surface area contributed by atoms with E-state index in [4.69, 9.17) is 11.6 Å². The molecule has 2 aromatic rings. The molecular formula is C23H20ClN3O3. The van der Waals surface area contributed by atoms with E-state index in [0.29, 0.717) is 28.5 Å². The maximum absolute atomic E-state index is 13.8. The van der Waals surface area contributed by atoms with Crippen LogP contribution in [0.4, 0.5) is 11.4 Å². The number of benzene rings is 2. The predicted molar refractivity (Wildman–Crippen MR) is 112 cm³/mol. The highest BCUT2D eigenvalue weighted by Crippen LogP contribution is 2.61. The van der Waals surface area contributed by atoms with Crippen LogP contribution in [0.15, 0.2) is 42.5 Å². The first-order valence-electron chi connectivity index (χ1n) is 10.3. The summed E-state index contributed by atoms with van der Waals surface area (Å²) in [5, 5.41) is 3.38. The van der Waals surface area contributed by atoms with Crippen LogP contribution in [0.1, 0.15) is 24.0 Å². The van der Waals surface area contributed by atoms with E-state index in [1.165, 1.54) is 4.90 Å². The first kappa shape index (κ1) is 18.1. The van der Waals surface area contributed by atoms with E-state index in [9.17, 15) is 14.4 Å². The van der Waals surface area contributed by atoms with Gasteiger partial charge in [0.2, 0.25) is 11.8 Å². The molecule has 7 heteroatoms. The molecule has 3 saturated heterocycles. The van der Waals surface area contributed by atoms with Gasteiger partial charge in [0.15, 0.2) is 0 Å². The number of nitrogens with zero attached hydrogens (tertiary/aromatic N) is 2. The van der Waals surface area contributed by atoms with Crippen LogP contribution in [-0.4, -0.2) is 35.2 Å². The average Bonchev–Trinajstić information content (AvgIpc) is 3.41. The zero-order valence-electron chi connectivity index (χ0n) is 16.4. The van der Waals surface area contributed by atoms with Crippen LogP contribution in [-0.2, 0) is 19.9 Å². The molecule has 0 unspecified atom stereocenters. The number of halogens is 1. The third-order valence-electron chi connectivity index (χ3n) is 7.24. The Hall–Kier alpha value is -2.70. The lowest BCUT2D eigenvalue weighted by molar-refractivity contribution is -0.135. The van der Waals surface area contributed by atoms with Gasteiger partial charge in [0.1, 0.15) is 5.54 Å². The van der Waals surface area contributed by atoms with Gasteiger partial charge in [-0.1, -0.05) is 35.9 Å². The third-order valence-corrected chi connectivity index (χ3v) is 7.55. The van der Waals surface area contributed by atoms with E-state index < -0.39 is 17.4 Å². The molecule has 2 aromatic carbocycles. The second kappa shape index (κ2) is 5.93. The SMILES string of the molecule is Cc1cccc(N2C(=O)[C@@H]3[C@@H]4CCCN4[C@@]4(C(=O)Nc5c(Cl)cccc54)[C@H]3C2=O)c1. The quantitative estimate of drug-likeness (QED) is 0.718. The van der Waals surface area contributed by atoms with Crippen molar-refractivity contribution in [1.82, 2.24) is 4.90 Å². The van der Waals surface area contributed by atoms with Crippen LogP contribution in [0.3, 0.4) is 0 Å². The molecule has 1 spiro atoms. The summed E-state index contributed by atoms with van der Waals surface area (Å²) in [5.74, 6) is -2.04. The molecule has 0 radical (unpaired) electrons. The van der Waals surface area contributed by atoms with E-state index >= 15 is 0 Å². The average molecular weight is 422 g/mol. The fourth-order valence-corrected chi connectivity index (χ4v) is 6.44. The predicted octanol–water partition coefficient (Wildman–Crippen LogP) is 3.08. The Kier molecular flexibility index (Phi) is 3.58. The van der Waals surface area contributed by atoms with Crippen molar-refractivity contribution in [2.24, 2.45) is 11.8 Å². The van der Waals surface area contributed by atoms with Gasteiger partial charge < -0.3 is 5.32 Å². The van der Waals surface area contributed by atoms with Crippen LogP contribution in [0.5, 0.6) is 0 Å².